The molecular formula is C15H22N2O4. The van der Waals surface area contributed by atoms with E-state index in [2.05, 4.69) is 0 Å². The zero-order valence-electron chi connectivity index (χ0n) is 12.9. The van der Waals surface area contributed by atoms with E-state index in [0.717, 1.165) is 0 Å². The SMILES string of the molecule is CCOC(=O)CN(C(=O)c1ccc(N)c(OC)c1)C(C)C. The number of anilines is 1. The molecule has 0 spiro atoms. The Balaban J connectivity index is 2.98. The highest BCUT2D eigenvalue weighted by atomic mass is 16.5. The molecular weight excluding hydrogens is 272 g/mol. The number of hydrogen-bond donors (Lipinski definition) is 1. The number of carbonyl (C=O) groups is 2. The van der Waals surface area contributed by atoms with Gasteiger partial charge in [0.15, 0.2) is 0 Å². The second kappa shape index (κ2) is 7.52. The van der Waals surface area contributed by atoms with Gasteiger partial charge in [-0.15, -0.1) is 0 Å². The number of amides is 1. The molecule has 0 radical (unpaired) electrons. The lowest BCUT2D eigenvalue weighted by Gasteiger charge is -2.26. The number of nitrogens with two attached hydrogens (primary N) is 1. The summed E-state index contributed by atoms with van der Waals surface area (Å²) in [5.41, 5.74) is 6.60. The van der Waals surface area contributed by atoms with Gasteiger partial charge in [0.2, 0.25) is 0 Å². The van der Waals surface area contributed by atoms with E-state index in [1.165, 1.54) is 12.0 Å². The van der Waals surface area contributed by atoms with Crippen molar-refractivity contribution in [3.8, 4) is 5.75 Å². The normalized spacial score (nSPS) is 10.3. The molecule has 21 heavy (non-hydrogen) atoms. The summed E-state index contributed by atoms with van der Waals surface area (Å²) >= 11 is 0. The van der Waals surface area contributed by atoms with Crippen molar-refractivity contribution >= 4 is 17.6 Å². The fourth-order valence-electron chi connectivity index (χ4n) is 1.84. The van der Waals surface area contributed by atoms with Crippen LogP contribution in [-0.2, 0) is 9.53 Å². The van der Waals surface area contributed by atoms with Crippen molar-refractivity contribution in [2.45, 2.75) is 26.8 Å². The van der Waals surface area contributed by atoms with Crippen LogP contribution in [0.3, 0.4) is 0 Å². The van der Waals surface area contributed by atoms with Gasteiger partial charge in [-0.2, -0.15) is 0 Å². The number of nitrogens with zero attached hydrogens (tertiary/aromatic N) is 1. The predicted molar refractivity (Wildman–Crippen MR) is 80.2 cm³/mol. The third-order valence-corrected chi connectivity index (χ3v) is 2.97. The molecule has 1 aromatic carbocycles. The molecule has 0 aliphatic rings. The summed E-state index contributed by atoms with van der Waals surface area (Å²) in [5, 5.41) is 0. The second-order valence-electron chi connectivity index (χ2n) is 4.79. The Morgan fingerprint density at radius 3 is 2.52 bits per heavy atom. The summed E-state index contributed by atoms with van der Waals surface area (Å²) in [6.45, 7) is 5.60. The number of hydrogen-bond acceptors (Lipinski definition) is 5. The Hall–Kier alpha value is -2.24. The minimum absolute atomic E-state index is 0.0863. The number of ether oxygens (including phenoxy) is 2. The van der Waals surface area contributed by atoms with Crippen molar-refractivity contribution in [3.05, 3.63) is 23.8 Å². The van der Waals surface area contributed by atoms with Crippen LogP contribution in [-0.4, -0.2) is 43.1 Å². The third-order valence-electron chi connectivity index (χ3n) is 2.97. The van der Waals surface area contributed by atoms with Crippen LogP contribution in [0.5, 0.6) is 5.75 Å². The summed E-state index contributed by atoms with van der Waals surface area (Å²) in [5.74, 6) is -0.265. The molecule has 6 heteroatoms. The van der Waals surface area contributed by atoms with Crippen LogP contribution in [0.15, 0.2) is 18.2 Å². The van der Waals surface area contributed by atoms with Gasteiger partial charge < -0.3 is 20.1 Å². The Morgan fingerprint density at radius 1 is 1.33 bits per heavy atom. The van der Waals surface area contributed by atoms with Gasteiger partial charge in [-0.1, -0.05) is 0 Å². The molecule has 116 valence electrons. The van der Waals surface area contributed by atoms with Crippen LogP contribution in [0.1, 0.15) is 31.1 Å². The number of benzene rings is 1. The van der Waals surface area contributed by atoms with E-state index in [1.807, 2.05) is 13.8 Å². The zero-order chi connectivity index (χ0) is 16.0. The molecule has 0 fully saturated rings. The third kappa shape index (κ3) is 4.37. The molecule has 0 aliphatic carbocycles. The predicted octanol–water partition coefficient (Wildman–Crippen LogP) is 1.69. The minimum Gasteiger partial charge on any atom is -0.495 e. The average molecular weight is 294 g/mol. The summed E-state index contributed by atoms with van der Waals surface area (Å²) in [7, 11) is 1.48. The van der Waals surface area contributed by atoms with Gasteiger partial charge in [0.25, 0.3) is 5.91 Å². The molecule has 0 bridgehead atoms. The zero-order valence-corrected chi connectivity index (χ0v) is 12.9. The van der Waals surface area contributed by atoms with Gasteiger partial charge in [0.1, 0.15) is 12.3 Å². The summed E-state index contributed by atoms with van der Waals surface area (Å²) < 4.78 is 10.0. The van der Waals surface area contributed by atoms with Crippen molar-refractivity contribution in [3.63, 3.8) is 0 Å². The van der Waals surface area contributed by atoms with Crippen LogP contribution >= 0.6 is 0 Å². The highest BCUT2D eigenvalue weighted by Gasteiger charge is 2.22. The topological polar surface area (TPSA) is 81.9 Å². The van der Waals surface area contributed by atoms with Gasteiger partial charge >= 0.3 is 5.97 Å². The molecule has 1 rings (SSSR count). The van der Waals surface area contributed by atoms with Crippen LogP contribution in [0.25, 0.3) is 0 Å². The fourth-order valence-corrected chi connectivity index (χ4v) is 1.84. The van der Waals surface area contributed by atoms with E-state index in [9.17, 15) is 9.59 Å². The molecule has 0 aromatic heterocycles. The average Bonchev–Trinajstić information content (AvgIpc) is 2.44. The Bertz CT molecular complexity index is 514. The van der Waals surface area contributed by atoms with Gasteiger partial charge in [-0.3, -0.25) is 9.59 Å². The summed E-state index contributed by atoms with van der Waals surface area (Å²) in [4.78, 5) is 25.6. The molecule has 1 aromatic rings. The van der Waals surface area contributed by atoms with Gasteiger partial charge in [-0.05, 0) is 39.0 Å². The molecule has 0 heterocycles. The van der Waals surface area contributed by atoms with E-state index in [1.54, 1.807) is 25.1 Å². The largest absolute Gasteiger partial charge is 0.495 e. The summed E-state index contributed by atoms with van der Waals surface area (Å²) in [6, 6.07) is 4.65. The van der Waals surface area contributed by atoms with Crippen LogP contribution < -0.4 is 10.5 Å². The Labute approximate surface area is 124 Å². The van der Waals surface area contributed by atoms with Crippen molar-refractivity contribution in [2.75, 3.05) is 26.0 Å². The number of nitrogen functional groups attached to an aromatic ring is 1. The molecule has 6 nitrogen and oxygen atoms in total. The monoisotopic (exact) mass is 294 g/mol. The lowest BCUT2D eigenvalue weighted by Crippen LogP contribution is -2.41. The maximum atomic E-state index is 12.5. The number of rotatable bonds is 6. The lowest BCUT2D eigenvalue weighted by atomic mass is 10.1. The quantitative estimate of drug-likeness (QED) is 0.638. The van der Waals surface area contributed by atoms with E-state index < -0.39 is 5.97 Å². The maximum Gasteiger partial charge on any atom is 0.325 e. The fraction of sp³-hybridized carbons (Fsp3) is 0.467. The standard InChI is InChI=1S/C15H22N2O4/c1-5-21-14(18)9-17(10(2)3)15(19)11-6-7-12(16)13(8-11)20-4/h6-8,10H,5,9,16H2,1-4H3. The van der Waals surface area contributed by atoms with Gasteiger partial charge in [0, 0.05) is 11.6 Å². The van der Waals surface area contributed by atoms with Crippen molar-refractivity contribution in [2.24, 2.45) is 0 Å². The smallest absolute Gasteiger partial charge is 0.325 e. The number of methoxy groups -OCH3 is 1. The highest BCUT2D eigenvalue weighted by Crippen LogP contribution is 2.23. The first-order valence-electron chi connectivity index (χ1n) is 6.80. The lowest BCUT2D eigenvalue weighted by molar-refractivity contribution is -0.144. The molecule has 0 saturated carbocycles. The van der Waals surface area contributed by atoms with Gasteiger partial charge in [-0.25, -0.2) is 0 Å². The molecule has 1 amide bonds. The van der Waals surface area contributed by atoms with Crippen LogP contribution in [0.4, 0.5) is 5.69 Å². The molecule has 0 saturated heterocycles. The first-order chi connectivity index (χ1) is 9.90. The minimum atomic E-state index is -0.429. The first kappa shape index (κ1) is 16.8. The second-order valence-corrected chi connectivity index (χ2v) is 4.79. The molecule has 0 unspecified atom stereocenters. The number of carbonyl (C=O) groups excluding carboxylic acids is 2. The maximum absolute atomic E-state index is 12.5. The first-order valence-corrected chi connectivity index (χ1v) is 6.80. The van der Waals surface area contributed by atoms with E-state index in [-0.39, 0.29) is 25.1 Å². The Morgan fingerprint density at radius 2 is 2.00 bits per heavy atom. The number of esters is 1. The van der Waals surface area contributed by atoms with E-state index >= 15 is 0 Å². The van der Waals surface area contributed by atoms with E-state index in [4.69, 9.17) is 15.2 Å². The van der Waals surface area contributed by atoms with E-state index in [0.29, 0.717) is 17.0 Å². The van der Waals surface area contributed by atoms with Crippen LogP contribution in [0.2, 0.25) is 0 Å². The summed E-state index contributed by atoms with van der Waals surface area (Å²) in [6.07, 6.45) is 0. The Kier molecular flexibility index (Phi) is 6.02. The van der Waals surface area contributed by atoms with Crippen LogP contribution in [0, 0.1) is 0 Å². The molecule has 0 aliphatic heterocycles. The highest BCUT2D eigenvalue weighted by molar-refractivity contribution is 5.97. The molecule has 2 N–H and O–H groups in total. The molecule has 0 atom stereocenters. The van der Waals surface area contributed by atoms with Crippen molar-refractivity contribution in [1.82, 2.24) is 4.90 Å². The van der Waals surface area contributed by atoms with Crippen molar-refractivity contribution in [1.29, 1.82) is 0 Å². The van der Waals surface area contributed by atoms with Crippen molar-refractivity contribution < 1.29 is 19.1 Å². The van der Waals surface area contributed by atoms with Gasteiger partial charge in [0.05, 0.1) is 19.4 Å².